The van der Waals surface area contributed by atoms with Crippen LogP contribution in [0.5, 0.6) is 5.75 Å². The van der Waals surface area contributed by atoms with Gasteiger partial charge in [0.25, 0.3) is 0 Å². The van der Waals surface area contributed by atoms with Gasteiger partial charge in [0.1, 0.15) is 11.4 Å². The van der Waals surface area contributed by atoms with Gasteiger partial charge < -0.3 is 15.2 Å². The van der Waals surface area contributed by atoms with Crippen molar-refractivity contribution in [2.75, 3.05) is 0 Å². The normalized spacial score (nSPS) is 11.3. The van der Waals surface area contributed by atoms with Gasteiger partial charge in [0.2, 0.25) is 0 Å². The van der Waals surface area contributed by atoms with Crippen LogP contribution < -0.4 is 5.32 Å². The lowest BCUT2D eigenvalue weighted by Gasteiger charge is -2.19. The number of ether oxygens (including phenoxy) is 1. The van der Waals surface area contributed by atoms with Crippen molar-refractivity contribution in [2.24, 2.45) is 0 Å². The van der Waals surface area contributed by atoms with E-state index in [-0.39, 0.29) is 12.3 Å². The number of alkyl carbamates (subject to hydrolysis) is 1. The van der Waals surface area contributed by atoms with Crippen molar-refractivity contribution < 1.29 is 14.6 Å². The molecular weight excluding hydrogens is 256 g/mol. The molecule has 1 amide bonds. The second-order valence-electron chi connectivity index (χ2n) is 5.56. The smallest absolute Gasteiger partial charge is 0.407 e. The Morgan fingerprint density at radius 2 is 2.10 bits per heavy atom. The number of pyridine rings is 1. The van der Waals surface area contributed by atoms with Gasteiger partial charge in [0.05, 0.1) is 0 Å². The molecule has 0 saturated heterocycles. The quantitative estimate of drug-likeness (QED) is 0.883. The van der Waals surface area contributed by atoms with Crippen molar-refractivity contribution in [3.8, 4) is 5.75 Å². The average molecular weight is 274 g/mol. The van der Waals surface area contributed by atoms with Gasteiger partial charge in [-0.25, -0.2) is 4.79 Å². The van der Waals surface area contributed by atoms with E-state index in [4.69, 9.17) is 4.74 Å². The first-order chi connectivity index (χ1) is 9.35. The summed E-state index contributed by atoms with van der Waals surface area (Å²) < 4.78 is 5.14. The van der Waals surface area contributed by atoms with Gasteiger partial charge in [0.15, 0.2) is 0 Å². The van der Waals surface area contributed by atoms with Crippen molar-refractivity contribution in [2.45, 2.75) is 32.9 Å². The van der Waals surface area contributed by atoms with Crippen molar-refractivity contribution in [1.82, 2.24) is 10.3 Å². The molecule has 1 heterocycles. The van der Waals surface area contributed by atoms with E-state index in [1.807, 2.05) is 6.07 Å². The molecule has 2 aromatic rings. The Morgan fingerprint density at radius 3 is 2.80 bits per heavy atom. The predicted octanol–water partition coefficient (Wildman–Crippen LogP) is 2.97. The van der Waals surface area contributed by atoms with Crippen LogP contribution in [-0.4, -0.2) is 21.8 Å². The molecule has 20 heavy (non-hydrogen) atoms. The molecule has 1 aromatic carbocycles. The zero-order chi connectivity index (χ0) is 14.8. The molecule has 0 bridgehead atoms. The summed E-state index contributed by atoms with van der Waals surface area (Å²) in [5, 5.41) is 14.4. The monoisotopic (exact) mass is 274 g/mol. The summed E-state index contributed by atoms with van der Waals surface area (Å²) >= 11 is 0. The van der Waals surface area contributed by atoms with E-state index >= 15 is 0 Å². The number of aromatic nitrogens is 1. The van der Waals surface area contributed by atoms with Crippen LogP contribution in [0.1, 0.15) is 26.3 Å². The van der Waals surface area contributed by atoms with Gasteiger partial charge in [-0.2, -0.15) is 0 Å². The molecule has 2 rings (SSSR count). The number of carbonyl (C=O) groups is 1. The minimum atomic E-state index is -0.542. The first-order valence-electron chi connectivity index (χ1n) is 6.37. The fourth-order valence-electron chi connectivity index (χ4n) is 1.79. The summed E-state index contributed by atoms with van der Waals surface area (Å²) in [6.07, 6.45) is 2.87. The lowest BCUT2D eigenvalue weighted by atomic mass is 10.1. The second kappa shape index (κ2) is 5.36. The van der Waals surface area contributed by atoms with Gasteiger partial charge in [-0.15, -0.1) is 0 Å². The average Bonchev–Trinajstić information content (AvgIpc) is 2.34. The number of hydrogen-bond donors (Lipinski definition) is 2. The van der Waals surface area contributed by atoms with E-state index in [1.165, 1.54) is 0 Å². The Balaban J connectivity index is 2.10. The molecule has 0 unspecified atom stereocenters. The Kier molecular flexibility index (Phi) is 3.79. The number of rotatable bonds is 2. The third kappa shape index (κ3) is 3.60. The number of phenolic OH excluding ortho intramolecular Hbond substituents is 1. The molecule has 0 radical (unpaired) electrons. The van der Waals surface area contributed by atoms with Crippen LogP contribution in [0.3, 0.4) is 0 Å². The number of nitrogens with one attached hydrogen (secondary N) is 1. The van der Waals surface area contributed by atoms with Gasteiger partial charge >= 0.3 is 6.09 Å². The summed E-state index contributed by atoms with van der Waals surface area (Å²) in [6.45, 7) is 5.59. The molecule has 0 atom stereocenters. The molecule has 0 spiro atoms. The third-order valence-electron chi connectivity index (χ3n) is 2.66. The summed E-state index contributed by atoms with van der Waals surface area (Å²) in [5.74, 6) is 0.139. The fourth-order valence-corrected chi connectivity index (χ4v) is 1.79. The van der Waals surface area contributed by atoms with Gasteiger partial charge in [0, 0.05) is 29.9 Å². The molecule has 0 aliphatic carbocycles. The first kappa shape index (κ1) is 14.1. The highest BCUT2D eigenvalue weighted by Gasteiger charge is 2.16. The molecule has 0 fully saturated rings. The minimum Gasteiger partial charge on any atom is -0.508 e. The highest BCUT2D eigenvalue weighted by Crippen LogP contribution is 2.24. The van der Waals surface area contributed by atoms with Crippen molar-refractivity contribution in [3.63, 3.8) is 0 Å². The number of hydrogen-bond acceptors (Lipinski definition) is 4. The van der Waals surface area contributed by atoms with Crippen LogP contribution in [0, 0.1) is 0 Å². The molecule has 0 saturated carbocycles. The Hall–Kier alpha value is -2.30. The molecule has 2 N–H and O–H groups in total. The van der Waals surface area contributed by atoms with Crippen LogP contribution in [-0.2, 0) is 11.3 Å². The summed E-state index contributed by atoms with van der Waals surface area (Å²) in [7, 11) is 0. The van der Waals surface area contributed by atoms with E-state index in [0.29, 0.717) is 5.56 Å². The maximum absolute atomic E-state index is 11.6. The minimum absolute atomic E-state index is 0.139. The summed E-state index contributed by atoms with van der Waals surface area (Å²) in [6, 6.07) is 5.28. The van der Waals surface area contributed by atoms with Gasteiger partial charge in [-0.1, -0.05) is 0 Å². The summed E-state index contributed by atoms with van der Waals surface area (Å²) in [5.41, 5.74) is 0.0794. The third-order valence-corrected chi connectivity index (χ3v) is 2.66. The Morgan fingerprint density at radius 1 is 1.35 bits per heavy atom. The lowest BCUT2D eigenvalue weighted by molar-refractivity contribution is 0.0523. The maximum Gasteiger partial charge on any atom is 0.407 e. The van der Waals surface area contributed by atoms with Crippen LogP contribution in [0.25, 0.3) is 10.8 Å². The molecular formula is C15H18N2O3. The highest BCUT2D eigenvalue weighted by molar-refractivity contribution is 5.84. The molecule has 0 aliphatic heterocycles. The number of phenols is 1. The van der Waals surface area contributed by atoms with Crippen LogP contribution >= 0.6 is 0 Å². The number of nitrogens with zero attached hydrogens (tertiary/aromatic N) is 1. The van der Waals surface area contributed by atoms with Crippen molar-refractivity contribution in [3.05, 3.63) is 36.2 Å². The molecule has 5 heteroatoms. The second-order valence-corrected chi connectivity index (χ2v) is 5.56. The van der Waals surface area contributed by atoms with E-state index in [0.717, 1.165) is 10.8 Å². The topological polar surface area (TPSA) is 71.5 Å². The number of benzene rings is 1. The first-order valence-corrected chi connectivity index (χ1v) is 6.37. The van der Waals surface area contributed by atoms with Crippen LogP contribution in [0.15, 0.2) is 30.6 Å². The fraction of sp³-hybridized carbons (Fsp3) is 0.333. The Labute approximate surface area is 117 Å². The molecule has 0 aliphatic rings. The summed E-state index contributed by atoms with van der Waals surface area (Å²) in [4.78, 5) is 15.6. The molecule has 5 nitrogen and oxygen atoms in total. The van der Waals surface area contributed by atoms with E-state index in [2.05, 4.69) is 10.3 Å². The van der Waals surface area contributed by atoms with E-state index < -0.39 is 11.7 Å². The number of fused-ring (bicyclic) bond motifs is 1. The van der Waals surface area contributed by atoms with E-state index in [1.54, 1.807) is 45.3 Å². The van der Waals surface area contributed by atoms with Crippen LogP contribution in [0.2, 0.25) is 0 Å². The predicted molar refractivity (Wildman–Crippen MR) is 76.5 cm³/mol. The van der Waals surface area contributed by atoms with Crippen molar-refractivity contribution >= 4 is 16.9 Å². The highest BCUT2D eigenvalue weighted by atomic mass is 16.6. The zero-order valence-electron chi connectivity index (χ0n) is 11.8. The largest absolute Gasteiger partial charge is 0.508 e. The number of aromatic hydroxyl groups is 1. The standard InChI is InChI=1S/C15H18N2O3/c1-15(2,3)20-14(19)17-9-12-6-11-8-16-5-4-10(11)7-13(12)18/h4-8,18H,9H2,1-3H3,(H,17,19). The SMILES string of the molecule is CC(C)(C)OC(=O)NCc1cc2cnccc2cc1O. The number of amides is 1. The van der Waals surface area contributed by atoms with Gasteiger partial charge in [-0.3, -0.25) is 4.98 Å². The molecule has 106 valence electrons. The Bertz CT molecular complexity index is 633. The maximum atomic E-state index is 11.6. The van der Waals surface area contributed by atoms with Crippen LogP contribution in [0.4, 0.5) is 4.79 Å². The lowest BCUT2D eigenvalue weighted by Crippen LogP contribution is -2.32. The van der Waals surface area contributed by atoms with E-state index in [9.17, 15) is 9.90 Å². The molecule has 1 aromatic heterocycles. The zero-order valence-corrected chi connectivity index (χ0v) is 11.8. The number of carbonyl (C=O) groups excluding carboxylic acids is 1. The van der Waals surface area contributed by atoms with Crippen molar-refractivity contribution in [1.29, 1.82) is 0 Å². The van der Waals surface area contributed by atoms with Gasteiger partial charge in [-0.05, 0) is 44.4 Å².